The van der Waals surface area contributed by atoms with E-state index in [1.54, 1.807) is 30.3 Å². The SMILES string of the molecule is Cc1ccc(C)c(NC(=O)CCC(=O)NNC(=S)NC(=O)c2ccccc2)c1. The largest absolute Gasteiger partial charge is 0.326 e. The summed E-state index contributed by atoms with van der Waals surface area (Å²) in [5.74, 6) is -1.07. The zero-order valence-corrected chi connectivity index (χ0v) is 16.5. The van der Waals surface area contributed by atoms with Crippen molar-refractivity contribution in [2.45, 2.75) is 26.7 Å². The van der Waals surface area contributed by atoms with Gasteiger partial charge in [0, 0.05) is 24.1 Å². The smallest absolute Gasteiger partial charge is 0.257 e. The summed E-state index contributed by atoms with van der Waals surface area (Å²) in [6, 6.07) is 14.3. The molecular weight excluding hydrogens is 376 g/mol. The lowest BCUT2D eigenvalue weighted by Gasteiger charge is -2.11. The van der Waals surface area contributed by atoms with Crippen molar-refractivity contribution in [3.05, 3.63) is 65.2 Å². The van der Waals surface area contributed by atoms with Gasteiger partial charge < -0.3 is 5.32 Å². The van der Waals surface area contributed by atoms with Gasteiger partial charge >= 0.3 is 0 Å². The van der Waals surface area contributed by atoms with E-state index in [-0.39, 0.29) is 29.8 Å². The maximum Gasteiger partial charge on any atom is 0.257 e. The summed E-state index contributed by atoms with van der Waals surface area (Å²) < 4.78 is 0. The third-order valence-corrected chi connectivity index (χ3v) is 4.03. The second kappa shape index (κ2) is 10.2. The molecule has 4 N–H and O–H groups in total. The van der Waals surface area contributed by atoms with Crippen LogP contribution in [0.1, 0.15) is 34.3 Å². The van der Waals surface area contributed by atoms with Crippen LogP contribution in [0.4, 0.5) is 5.69 Å². The van der Waals surface area contributed by atoms with Crippen LogP contribution in [0.3, 0.4) is 0 Å². The van der Waals surface area contributed by atoms with Gasteiger partial charge in [-0.05, 0) is 55.4 Å². The molecule has 0 saturated carbocycles. The third-order valence-electron chi connectivity index (χ3n) is 3.82. The predicted octanol–water partition coefficient (Wildman–Crippen LogP) is 2.36. The number of amides is 3. The topological polar surface area (TPSA) is 99.3 Å². The van der Waals surface area contributed by atoms with Crippen molar-refractivity contribution in [3.8, 4) is 0 Å². The predicted molar refractivity (Wildman–Crippen MR) is 112 cm³/mol. The van der Waals surface area contributed by atoms with Crippen LogP contribution in [0.25, 0.3) is 0 Å². The van der Waals surface area contributed by atoms with E-state index in [0.717, 1.165) is 16.8 Å². The number of hydrogen-bond donors (Lipinski definition) is 4. The lowest BCUT2D eigenvalue weighted by molar-refractivity contribution is -0.124. The molecule has 146 valence electrons. The molecule has 0 bridgehead atoms. The quantitative estimate of drug-likeness (QED) is 0.458. The lowest BCUT2D eigenvalue weighted by atomic mass is 10.1. The molecule has 8 heteroatoms. The molecule has 0 radical (unpaired) electrons. The first kappa shape index (κ1) is 21.0. The van der Waals surface area contributed by atoms with E-state index < -0.39 is 5.91 Å². The fraction of sp³-hybridized carbons (Fsp3) is 0.200. The second-order valence-electron chi connectivity index (χ2n) is 6.19. The first-order valence-corrected chi connectivity index (χ1v) is 9.08. The van der Waals surface area contributed by atoms with Gasteiger partial charge in [0.05, 0.1) is 0 Å². The molecule has 0 heterocycles. The number of nitrogens with one attached hydrogen (secondary N) is 4. The Labute approximate surface area is 168 Å². The minimum Gasteiger partial charge on any atom is -0.326 e. The zero-order valence-electron chi connectivity index (χ0n) is 15.7. The number of hydrogen-bond acceptors (Lipinski definition) is 4. The molecule has 2 aromatic rings. The van der Waals surface area contributed by atoms with E-state index in [9.17, 15) is 14.4 Å². The van der Waals surface area contributed by atoms with Crippen LogP contribution in [-0.2, 0) is 9.59 Å². The van der Waals surface area contributed by atoms with Crippen molar-refractivity contribution < 1.29 is 14.4 Å². The summed E-state index contributed by atoms with van der Waals surface area (Å²) in [6.07, 6.45) is -0.0109. The first-order valence-electron chi connectivity index (χ1n) is 8.67. The molecule has 0 spiro atoms. The Balaban J connectivity index is 1.70. The second-order valence-corrected chi connectivity index (χ2v) is 6.60. The Morgan fingerprint density at radius 3 is 2.29 bits per heavy atom. The summed E-state index contributed by atoms with van der Waals surface area (Å²) in [7, 11) is 0. The summed E-state index contributed by atoms with van der Waals surface area (Å²) >= 11 is 4.96. The Morgan fingerprint density at radius 1 is 0.893 bits per heavy atom. The van der Waals surface area contributed by atoms with Gasteiger partial charge in [0.15, 0.2) is 5.11 Å². The average Bonchev–Trinajstić information content (AvgIpc) is 2.68. The fourth-order valence-electron chi connectivity index (χ4n) is 2.30. The molecule has 0 aliphatic rings. The number of carbonyl (C=O) groups excluding carboxylic acids is 3. The van der Waals surface area contributed by atoms with Crippen molar-refractivity contribution in [1.29, 1.82) is 0 Å². The Hall–Kier alpha value is -3.26. The van der Waals surface area contributed by atoms with Gasteiger partial charge in [0.2, 0.25) is 11.8 Å². The van der Waals surface area contributed by atoms with Crippen LogP contribution in [0.5, 0.6) is 0 Å². The van der Waals surface area contributed by atoms with Gasteiger partial charge in [-0.2, -0.15) is 0 Å². The summed E-state index contributed by atoms with van der Waals surface area (Å²) in [6.45, 7) is 3.84. The number of anilines is 1. The highest BCUT2D eigenvalue weighted by molar-refractivity contribution is 7.80. The molecule has 0 unspecified atom stereocenters. The molecule has 0 aliphatic carbocycles. The molecule has 2 rings (SSSR count). The van der Waals surface area contributed by atoms with Crippen LogP contribution in [0.15, 0.2) is 48.5 Å². The average molecular weight is 398 g/mol. The number of hydrazine groups is 1. The molecular formula is C20H22N4O3S. The van der Waals surface area contributed by atoms with Crippen LogP contribution in [-0.4, -0.2) is 22.8 Å². The van der Waals surface area contributed by atoms with Gasteiger partial charge in [0.25, 0.3) is 5.91 Å². The monoisotopic (exact) mass is 398 g/mol. The fourth-order valence-corrected chi connectivity index (χ4v) is 2.44. The minimum atomic E-state index is -0.424. The van der Waals surface area contributed by atoms with Gasteiger partial charge in [-0.3, -0.25) is 30.6 Å². The number of carbonyl (C=O) groups is 3. The number of rotatable bonds is 5. The van der Waals surface area contributed by atoms with E-state index in [2.05, 4.69) is 21.5 Å². The maximum atomic E-state index is 12.0. The molecule has 0 saturated heterocycles. The molecule has 0 fully saturated rings. The van der Waals surface area contributed by atoms with Gasteiger partial charge in [-0.15, -0.1) is 0 Å². The molecule has 0 aliphatic heterocycles. The molecule has 2 aromatic carbocycles. The minimum absolute atomic E-state index is 0.0179. The Morgan fingerprint density at radius 2 is 1.57 bits per heavy atom. The first-order chi connectivity index (χ1) is 13.3. The molecule has 0 aromatic heterocycles. The highest BCUT2D eigenvalue weighted by Crippen LogP contribution is 2.16. The van der Waals surface area contributed by atoms with Crippen molar-refractivity contribution in [2.24, 2.45) is 0 Å². The van der Waals surface area contributed by atoms with Crippen molar-refractivity contribution >= 4 is 40.7 Å². The van der Waals surface area contributed by atoms with Crippen LogP contribution in [0.2, 0.25) is 0 Å². The van der Waals surface area contributed by atoms with E-state index >= 15 is 0 Å². The van der Waals surface area contributed by atoms with Gasteiger partial charge in [-0.1, -0.05) is 30.3 Å². The van der Waals surface area contributed by atoms with Crippen LogP contribution in [0, 0.1) is 13.8 Å². The summed E-state index contributed by atoms with van der Waals surface area (Å²) in [4.78, 5) is 35.8. The standard InChI is InChI=1S/C20H22N4O3S/c1-13-8-9-14(2)16(12-13)21-17(25)10-11-18(26)23-24-20(28)22-19(27)15-6-4-3-5-7-15/h3-9,12H,10-11H2,1-2H3,(H,21,25)(H,23,26)(H2,22,24,27,28). The third kappa shape index (κ3) is 6.81. The molecule has 3 amide bonds. The molecule has 7 nitrogen and oxygen atoms in total. The van der Waals surface area contributed by atoms with Crippen molar-refractivity contribution in [2.75, 3.05) is 5.32 Å². The number of benzene rings is 2. The van der Waals surface area contributed by atoms with Crippen molar-refractivity contribution in [1.82, 2.24) is 16.2 Å². The maximum absolute atomic E-state index is 12.0. The Bertz CT molecular complexity index is 884. The van der Waals surface area contributed by atoms with Gasteiger partial charge in [-0.25, -0.2) is 0 Å². The molecule has 0 atom stereocenters. The van der Waals surface area contributed by atoms with E-state index in [0.29, 0.717) is 5.56 Å². The highest BCUT2D eigenvalue weighted by Gasteiger charge is 2.10. The van der Waals surface area contributed by atoms with E-state index in [1.807, 2.05) is 32.0 Å². The van der Waals surface area contributed by atoms with E-state index in [1.165, 1.54) is 0 Å². The lowest BCUT2D eigenvalue weighted by Crippen LogP contribution is -2.48. The van der Waals surface area contributed by atoms with Crippen molar-refractivity contribution in [3.63, 3.8) is 0 Å². The summed E-state index contributed by atoms with van der Waals surface area (Å²) in [5.41, 5.74) is 7.96. The van der Waals surface area contributed by atoms with Crippen LogP contribution < -0.4 is 21.5 Å². The normalized spacial score (nSPS) is 9.93. The van der Waals surface area contributed by atoms with Crippen LogP contribution >= 0.6 is 12.2 Å². The molecule has 28 heavy (non-hydrogen) atoms. The van der Waals surface area contributed by atoms with E-state index in [4.69, 9.17) is 12.2 Å². The highest BCUT2D eigenvalue weighted by atomic mass is 32.1. The number of thiocarbonyl (C=S) groups is 1. The zero-order chi connectivity index (χ0) is 20.5. The van der Waals surface area contributed by atoms with Gasteiger partial charge in [0.1, 0.15) is 0 Å². The Kier molecular flexibility index (Phi) is 7.65. The number of aryl methyl sites for hydroxylation is 2. The summed E-state index contributed by atoms with van der Waals surface area (Å²) in [5, 5.41) is 5.20.